The van der Waals surface area contributed by atoms with Crippen molar-refractivity contribution in [2.24, 2.45) is 5.73 Å². The fraction of sp³-hybridized carbons (Fsp3) is 0.625. The maximum Gasteiger partial charge on any atom is 0.320 e. The molecule has 1 saturated heterocycles. The lowest BCUT2D eigenvalue weighted by molar-refractivity contribution is -0.138. The molecule has 0 spiro atoms. The Morgan fingerprint density at radius 1 is 1.75 bits per heavy atom. The van der Waals surface area contributed by atoms with Gasteiger partial charge in [0, 0.05) is 0 Å². The largest absolute Gasteiger partial charge is 0.480 e. The summed E-state index contributed by atoms with van der Waals surface area (Å²) in [6.45, 7) is 0.332. The molecule has 1 rings (SSSR count). The van der Waals surface area contributed by atoms with Crippen LogP contribution in [0.3, 0.4) is 0 Å². The van der Waals surface area contributed by atoms with Crippen molar-refractivity contribution >= 4 is 41.0 Å². The second-order valence-electron chi connectivity index (χ2n) is 2.96. The van der Waals surface area contributed by atoms with Crippen LogP contribution in [0.5, 0.6) is 0 Å². The number of thioether (sulfide) groups is 1. The molecule has 8 heteroatoms. The molecular formula is C8H15N3O3S2. The first-order valence-electron chi connectivity index (χ1n) is 4.52. The highest BCUT2D eigenvalue weighted by atomic mass is 32.2. The van der Waals surface area contributed by atoms with Crippen LogP contribution in [0.15, 0.2) is 0 Å². The predicted octanol–water partition coefficient (Wildman–Crippen LogP) is -0.858. The summed E-state index contributed by atoms with van der Waals surface area (Å²) in [5, 5.41) is 13.7. The Kier molecular flexibility index (Phi) is 7.86. The molecule has 0 aromatic carbocycles. The zero-order valence-corrected chi connectivity index (χ0v) is 10.5. The fourth-order valence-electron chi connectivity index (χ4n) is 0.744. The van der Waals surface area contributed by atoms with Crippen molar-refractivity contribution < 1.29 is 14.7 Å². The smallest absolute Gasteiger partial charge is 0.320 e. The highest BCUT2D eigenvalue weighted by Crippen LogP contribution is 1.97. The van der Waals surface area contributed by atoms with Gasteiger partial charge < -0.3 is 21.5 Å². The number of nitrogens with one attached hydrogen (secondary N) is 2. The lowest BCUT2D eigenvalue weighted by Crippen LogP contribution is -2.30. The Hall–Kier alpha value is -0.860. The van der Waals surface area contributed by atoms with Gasteiger partial charge in [-0.3, -0.25) is 9.59 Å². The number of aliphatic carboxylic acids is 1. The first-order chi connectivity index (χ1) is 7.47. The van der Waals surface area contributed by atoms with Gasteiger partial charge in [0.25, 0.3) is 0 Å². The average Bonchev–Trinajstić information content (AvgIpc) is 2.59. The fourth-order valence-corrected chi connectivity index (χ4v) is 1.42. The van der Waals surface area contributed by atoms with E-state index < -0.39 is 12.0 Å². The molecule has 92 valence electrons. The molecule has 5 N–H and O–H groups in total. The van der Waals surface area contributed by atoms with Crippen molar-refractivity contribution in [3.05, 3.63) is 0 Å². The van der Waals surface area contributed by atoms with Crippen molar-refractivity contribution in [2.45, 2.75) is 12.5 Å². The summed E-state index contributed by atoms with van der Waals surface area (Å²) in [6, 6.07) is -0.683. The van der Waals surface area contributed by atoms with E-state index in [9.17, 15) is 9.59 Å². The topological polar surface area (TPSA) is 104 Å². The van der Waals surface area contributed by atoms with Gasteiger partial charge in [-0.15, -0.1) is 0 Å². The van der Waals surface area contributed by atoms with Crippen LogP contribution < -0.4 is 16.4 Å². The van der Waals surface area contributed by atoms with Crippen LogP contribution in [-0.4, -0.2) is 46.7 Å². The number of hydrogen-bond acceptors (Lipinski definition) is 5. The third kappa shape index (κ3) is 7.43. The highest BCUT2D eigenvalue weighted by Gasteiger charge is 2.10. The van der Waals surface area contributed by atoms with Gasteiger partial charge >= 0.3 is 5.97 Å². The van der Waals surface area contributed by atoms with E-state index >= 15 is 0 Å². The van der Waals surface area contributed by atoms with E-state index in [0.29, 0.717) is 18.1 Å². The van der Waals surface area contributed by atoms with Crippen LogP contribution in [0.25, 0.3) is 0 Å². The van der Waals surface area contributed by atoms with Crippen LogP contribution in [0, 0.1) is 0 Å². The van der Waals surface area contributed by atoms with Crippen LogP contribution in [-0.2, 0) is 9.59 Å². The first-order valence-corrected chi connectivity index (χ1v) is 6.32. The Morgan fingerprint density at radius 2 is 2.38 bits per heavy atom. The Morgan fingerprint density at radius 3 is 2.62 bits per heavy atom. The van der Waals surface area contributed by atoms with Crippen LogP contribution in [0.4, 0.5) is 0 Å². The number of hydrogen-bond donors (Lipinski definition) is 4. The quantitative estimate of drug-likeness (QED) is 0.490. The van der Waals surface area contributed by atoms with E-state index in [1.807, 2.05) is 6.26 Å². The minimum Gasteiger partial charge on any atom is -0.480 e. The van der Waals surface area contributed by atoms with Gasteiger partial charge in [0.1, 0.15) is 6.04 Å². The summed E-state index contributed by atoms with van der Waals surface area (Å²) >= 11 is 6.16. The molecule has 1 aliphatic heterocycles. The number of carboxylic acids is 1. The van der Waals surface area contributed by atoms with E-state index in [-0.39, 0.29) is 5.91 Å². The minimum atomic E-state index is -0.913. The number of thiocarbonyl (C=S) groups is 1. The summed E-state index contributed by atoms with van der Waals surface area (Å²) in [7, 11) is 0. The molecule has 0 aliphatic carbocycles. The molecule has 0 unspecified atom stereocenters. The Bertz CT molecular complexity index is 259. The standard InChI is InChI=1S/C5H11NO2S.C3H4N2OS/c1-9-3-2-4(6)5(7)8;6-2-1-4-3(7)5-2/h4H,2-3,6H2,1H3,(H,7,8);1H2,(H2,4,5,6,7)/t4-;/m0./s1. The number of carbonyl (C=O) groups excluding carboxylic acids is 1. The molecule has 1 amide bonds. The van der Waals surface area contributed by atoms with Gasteiger partial charge in [-0.05, 0) is 30.6 Å². The molecule has 16 heavy (non-hydrogen) atoms. The van der Waals surface area contributed by atoms with Crippen LogP contribution in [0.2, 0.25) is 0 Å². The zero-order valence-electron chi connectivity index (χ0n) is 8.86. The zero-order chi connectivity index (χ0) is 12.6. The summed E-state index contributed by atoms with van der Waals surface area (Å²) < 4.78 is 0. The van der Waals surface area contributed by atoms with Crippen LogP contribution in [0.1, 0.15) is 6.42 Å². The van der Waals surface area contributed by atoms with E-state index in [1.165, 1.54) is 0 Å². The van der Waals surface area contributed by atoms with Crippen molar-refractivity contribution in [1.29, 1.82) is 0 Å². The maximum atomic E-state index is 10.2. The summed E-state index contributed by atoms with van der Waals surface area (Å²) in [4.78, 5) is 20.3. The summed E-state index contributed by atoms with van der Waals surface area (Å²) in [5.41, 5.74) is 5.19. The number of rotatable bonds is 4. The second kappa shape index (κ2) is 8.31. The number of nitrogens with two attached hydrogens (primary N) is 1. The van der Waals surface area contributed by atoms with E-state index in [2.05, 4.69) is 22.9 Å². The molecular weight excluding hydrogens is 250 g/mol. The molecule has 0 radical (unpaired) electrons. The van der Waals surface area contributed by atoms with Gasteiger partial charge in [-0.25, -0.2) is 0 Å². The van der Waals surface area contributed by atoms with Gasteiger partial charge in [-0.2, -0.15) is 11.8 Å². The monoisotopic (exact) mass is 265 g/mol. The molecule has 0 bridgehead atoms. The van der Waals surface area contributed by atoms with Gasteiger partial charge in [0.05, 0.1) is 6.54 Å². The lowest BCUT2D eigenvalue weighted by atomic mass is 10.2. The van der Waals surface area contributed by atoms with Gasteiger partial charge in [-0.1, -0.05) is 0 Å². The SMILES string of the molecule is CSCC[C@H](N)C(=O)O.O=C1CNC(=S)N1. The van der Waals surface area contributed by atoms with Crippen molar-refractivity contribution in [3.8, 4) is 0 Å². The number of carbonyl (C=O) groups is 2. The average molecular weight is 265 g/mol. The van der Waals surface area contributed by atoms with Crippen molar-refractivity contribution in [1.82, 2.24) is 10.6 Å². The normalized spacial score (nSPS) is 15.6. The van der Waals surface area contributed by atoms with E-state index in [1.54, 1.807) is 11.8 Å². The molecule has 1 aliphatic rings. The minimum absolute atomic E-state index is 0.0509. The molecule has 1 fully saturated rings. The molecule has 0 aromatic rings. The first kappa shape index (κ1) is 15.1. The Balaban J connectivity index is 0.000000288. The highest BCUT2D eigenvalue weighted by molar-refractivity contribution is 7.98. The Labute approximate surface area is 103 Å². The summed E-state index contributed by atoms with van der Waals surface area (Å²) in [6.07, 6.45) is 2.48. The van der Waals surface area contributed by atoms with E-state index in [4.69, 9.17) is 10.8 Å². The lowest BCUT2D eigenvalue weighted by Gasteiger charge is -2.02. The number of amides is 1. The second-order valence-corrected chi connectivity index (χ2v) is 4.35. The van der Waals surface area contributed by atoms with Crippen molar-refractivity contribution in [3.63, 3.8) is 0 Å². The van der Waals surface area contributed by atoms with Gasteiger partial charge in [0.15, 0.2) is 5.11 Å². The van der Waals surface area contributed by atoms with Crippen molar-refractivity contribution in [2.75, 3.05) is 18.6 Å². The molecule has 1 atom stereocenters. The van der Waals surface area contributed by atoms with Crippen LogP contribution >= 0.6 is 24.0 Å². The third-order valence-electron chi connectivity index (χ3n) is 1.61. The molecule has 1 heterocycles. The summed E-state index contributed by atoms with van der Waals surface area (Å²) in [5.74, 6) is -0.151. The number of carboxylic acid groups (broad SMARTS) is 1. The van der Waals surface area contributed by atoms with Gasteiger partial charge in [0.2, 0.25) is 5.91 Å². The molecule has 0 aromatic heterocycles. The molecule has 0 saturated carbocycles. The maximum absolute atomic E-state index is 10.2. The predicted molar refractivity (Wildman–Crippen MR) is 67.4 cm³/mol. The van der Waals surface area contributed by atoms with E-state index in [0.717, 1.165) is 5.75 Å². The molecule has 6 nitrogen and oxygen atoms in total. The third-order valence-corrected chi connectivity index (χ3v) is 2.50.